The topological polar surface area (TPSA) is 50.6 Å². The Bertz CT molecular complexity index is 1220. The molecular formula is C27H31FN4O2. The second-order valence-corrected chi connectivity index (χ2v) is 9.35. The second kappa shape index (κ2) is 9.58. The molecule has 2 fully saturated rings. The largest absolute Gasteiger partial charge is 0.494 e. The molecule has 0 N–H and O–H groups in total. The Kier molecular flexibility index (Phi) is 6.37. The van der Waals surface area contributed by atoms with Crippen LogP contribution in [-0.2, 0) is 13.1 Å². The van der Waals surface area contributed by atoms with E-state index in [2.05, 4.69) is 34.1 Å². The second-order valence-electron chi connectivity index (χ2n) is 9.35. The molecule has 34 heavy (non-hydrogen) atoms. The number of hydrogen-bond acceptors (Lipinski definition) is 5. The van der Waals surface area contributed by atoms with Gasteiger partial charge >= 0.3 is 0 Å². The van der Waals surface area contributed by atoms with Gasteiger partial charge in [-0.1, -0.05) is 30.3 Å². The maximum absolute atomic E-state index is 14.5. The van der Waals surface area contributed by atoms with E-state index in [0.717, 1.165) is 51.1 Å². The predicted molar refractivity (Wildman–Crippen MR) is 132 cm³/mol. The lowest BCUT2D eigenvalue weighted by atomic mass is 10.0. The van der Waals surface area contributed by atoms with Crippen molar-refractivity contribution < 1.29 is 9.13 Å². The molecular weight excluding hydrogens is 431 g/mol. The maximum Gasteiger partial charge on any atom is 0.290 e. The number of benzene rings is 2. The fraction of sp³-hybridized carbons (Fsp3) is 0.407. The summed E-state index contributed by atoms with van der Waals surface area (Å²) in [4.78, 5) is 18.1. The van der Waals surface area contributed by atoms with E-state index in [1.165, 1.54) is 18.7 Å². The molecule has 0 unspecified atom stereocenters. The number of nitrogens with zero attached hydrogens (tertiary/aromatic N) is 4. The number of rotatable bonds is 7. The van der Waals surface area contributed by atoms with Gasteiger partial charge in [-0.3, -0.25) is 9.69 Å². The monoisotopic (exact) mass is 462 g/mol. The van der Waals surface area contributed by atoms with Gasteiger partial charge in [0.2, 0.25) is 0 Å². The van der Waals surface area contributed by atoms with Gasteiger partial charge in [0.25, 0.3) is 5.56 Å². The van der Waals surface area contributed by atoms with Gasteiger partial charge in [-0.25, -0.2) is 9.07 Å². The Labute approximate surface area is 199 Å². The van der Waals surface area contributed by atoms with Crippen LogP contribution < -0.4 is 15.2 Å². The molecule has 1 aliphatic heterocycles. The average molecular weight is 463 g/mol. The summed E-state index contributed by atoms with van der Waals surface area (Å²) in [5, 5.41) is 4.70. The summed E-state index contributed by atoms with van der Waals surface area (Å²) in [5.74, 6) is 0.267. The van der Waals surface area contributed by atoms with E-state index in [-0.39, 0.29) is 11.3 Å². The van der Waals surface area contributed by atoms with Crippen molar-refractivity contribution >= 4 is 5.69 Å². The molecule has 5 rings (SSSR count). The van der Waals surface area contributed by atoms with Gasteiger partial charge in [0.05, 0.1) is 12.8 Å². The van der Waals surface area contributed by atoms with Gasteiger partial charge in [-0.15, -0.1) is 0 Å². The minimum Gasteiger partial charge on any atom is -0.494 e. The van der Waals surface area contributed by atoms with Crippen molar-refractivity contribution in [1.29, 1.82) is 0 Å². The summed E-state index contributed by atoms with van der Waals surface area (Å²) in [5.41, 5.74) is 4.07. The number of hydrogen-bond donors (Lipinski definition) is 0. The Balaban J connectivity index is 1.45. The van der Waals surface area contributed by atoms with E-state index in [1.807, 2.05) is 19.1 Å². The fourth-order valence-electron chi connectivity index (χ4n) is 4.74. The highest BCUT2D eigenvalue weighted by Crippen LogP contribution is 2.33. The van der Waals surface area contributed by atoms with Crippen molar-refractivity contribution in [2.75, 3.05) is 38.2 Å². The average Bonchev–Trinajstić information content (AvgIpc) is 3.67. The normalized spacial score (nSPS) is 16.6. The molecule has 1 aromatic heterocycles. The molecule has 6 nitrogen and oxygen atoms in total. The molecule has 2 aromatic carbocycles. The van der Waals surface area contributed by atoms with Crippen LogP contribution in [0, 0.1) is 18.7 Å². The molecule has 2 aliphatic rings. The number of piperazine rings is 1. The van der Waals surface area contributed by atoms with Gasteiger partial charge in [-0.05, 0) is 49.4 Å². The molecule has 1 aliphatic carbocycles. The smallest absolute Gasteiger partial charge is 0.290 e. The summed E-state index contributed by atoms with van der Waals surface area (Å²) in [6.45, 7) is 6.76. The first kappa shape index (κ1) is 22.6. The van der Waals surface area contributed by atoms with Crippen LogP contribution in [0.2, 0.25) is 0 Å². The summed E-state index contributed by atoms with van der Waals surface area (Å²) in [6, 6.07) is 15.3. The SMILES string of the molecule is COc1ccc(-c2nn(CC3CC3)c(=O)c(N3CCN(Cc4ccccc4)CC3)c2C)cc1F. The van der Waals surface area contributed by atoms with Crippen molar-refractivity contribution in [3.05, 3.63) is 75.8 Å². The van der Waals surface area contributed by atoms with Crippen molar-refractivity contribution in [3.63, 3.8) is 0 Å². The third-order valence-corrected chi connectivity index (χ3v) is 6.86. The lowest BCUT2D eigenvalue weighted by Crippen LogP contribution is -2.48. The number of halogens is 1. The zero-order valence-corrected chi connectivity index (χ0v) is 19.8. The van der Waals surface area contributed by atoms with Crippen LogP contribution in [0.4, 0.5) is 10.1 Å². The maximum atomic E-state index is 14.5. The van der Waals surface area contributed by atoms with Crippen molar-refractivity contribution in [3.8, 4) is 17.0 Å². The van der Waals surface area contributed by atoms with E-state index in [9.17, 15) is 9.18 Å². The van der Waals surface area contributed by atoms with Crippen LogP contribution >= 0.6 is 0 Å². The first-order chi connectivity index (χ1) is 16.5. The molecule has 0 atom stereocenters. The summed E-state index contributed by atoms with van der Waals surface area (Å²) < 4.78 is 21.2. The van der Waals surface area contributed by atoms with Crippen LogP contribution in [0.3, 0.4) is 0 Å². The van der Waals surface area contributed by atoms with Gasteiger partial charge in [0.15, 0.2) is 11.6 Å². The van der Waals surface area contributed by atoms with E-state index >= 15 is 0 Å². The van der Waals surface area contributed by atoms with Gasteiger partial charge < -0.3 is 9.64 Å². The predicted octanol–water partition coefficient (Wildman–Crippen LogP) is 4.10. The number of ether oxygens (including phenoxy) is 1. The highest BCUT2D eigenvalue weighted by Gasteiger charge is 2.28. The molecule has 0 bridgehead atoms. The van der Waals surface area contributed by atoms with Crippen molar-refractivity contribution in [2.24, 2.45) is 5.92 Å². The van der Waals surface area contributed by atoms with Crippen molar-refractivity contribution in [2.45, 2.75) is 32.9 Å². The molecule has 1 saturated carbocycles. The molecule has 3 aromatic rings. The number of aromatic nitrogens is 2. The zero-order chi connectivity index (χ0) is 23.7. The van der Waals surface area contributed by atoms with Crippen molar-refractivity contribution in [1.82, 2.24) is 14.7 Å². The Hall–Kier alpha value is -3.19. The van der Waals surface area contributed by atoms with Crippen LogP contribution in [0.5, 0.6) is 5.75 Å². The molecule has 0 amide bonds. The van der Waals surface area contributed by atoms with E-state index in [4.69, 9.17) is 9.84 Å². The molecule has 1 saturated heterocycles. The van der Waals surface area contributed by atoms with E-state index < -0.39 is 5.82 Å². The number of anilines is 1. The fourth-order valence-corrected chi connectivity index (χ4v) is 4.74. The molecule has 2 heterocycles. The molecule has 7 heteroatoms. The van der Waals surface area contributed by atoms with Gasteiger partial charge in [0.1, 0.15) is 5.69 Å². The van der Waals surface area contributed by atoms with Crippen LogP contribution in [0.1, 0.15) is 24.0 Å². The third-order valence-electron chi connectivity index (χ3n) is 6.86. The Morgan fingerprint density at radius 1 is 1.06 bits per heavy atom. The van der Waals surface area contributed by atoms with Crippen LogP contribution in [-0.4, -0.2) is 48.0 Å². The first-order valence-electron chi connectivity index (χ1n) is 12.0. The Morgan fingerprint density at radius 2 is 1.79 bits per heavy atom. The minimum atomic E-state index is -0.433. The van der Waals surface area contributed by atoms with Crippen LogP contribution in [0.15, 0.2) is 53.3 Å². The summed E-state index contributed by atoms with van der Waals surface area (Å²) in [6.07, 6.45) is 2.25. The summed E-state index contributed by atoms with van der Waals surface area (Å²) in [7, 11) is 1.45. The summed E-state index contributed by atoms with van der Waals surface area (Å²) >= 11 is 0. The molecule has 0 radical (unpaired) electrons. The number of methoxy groups -OCH3 is 1. The van der Waals surface area contributed by atoms with Crippen LogP contribution in [0.25, 0.3) is 11.3 Å². The van der Waals surface area contributed by atoms with E-state index in [0.29, 0.717) is 29.4 Å². The highest BCUT2D eigenvalue weighted by atomic mass is 19.1. The molecule has 0 spiro atoms. The lowest BCUT2D eigenvalue weighted by Gasteiger charge is -2.36. The standard InChI is InChI=1S/C27H31FN4O2/c1-19-25(22-10-11-24(34-2)23(28)16-22)29-32(18-21-8-9-21)27(33)26(19)31-14-12-30(13-15-31)17-20-6-4-3-5-7-20/h3-7,10-11,16,21H,8-9,12-15,17-18H2,1-2H3. The zero-order valence-electron chi connectivity index (χ0n) is 19.8. The van der Waals surface area contributed by atoms with Gasteiger partial charge in [0, 0.05) is 50.4 Å². The molecule has 178 valence electrons. The van der Waals surface area contributed by atoms with E-state index in [1.54, 1.807) is 10.7 Å². The lowest BCUT2D eigenvalue weighted by molar-refractivity contribution is 0.249. The third kappa shape index (κ3) is 4.71. The first-order valence-corrected chi connectivity index (χ1v) is 12.0. The Morgan fingerprint density at radius 3 is 2.44 bits per heavy atom. The minimum absolute atomic E-state index is 0.0429. The quantitative estimate of drug-likeness (QED) is 0.529. The highest BCUT2D eigenvalue weighted by molar-refractivity contribution is 5.70. The van der Waals surface area contributed by atoms with Gasteiger partial charge in [-0.2, -0.15) is 5.10 Å².